The molecule has 1 heterocycles. The van der Waals surface area contributed by atoms with E-state index in [1.807, 2.05) is 24.5 Å². The maximum absolute atomic E-state index is 4.05. The van der Waals surface area contributed by atoms with Gasteiger partial charge in [0.1, 0.15) is 0 Å². The fourth-order valence-corrected chi connectivity index (χ4v) is 2.12. The van der Waals surface area contributed by atoms with Gasteiger partial charge in [-0.3, -0.25) is 0 Å². The predicted molar refractivity (Wildman–Crippen MR) is 68.3 cm³/mol. The Morgan fingerprint density at radius 1 is 1.35 bits per heavy atom. The van der Waals surface area contributed by atoms with Crippen LogP contribution in [0.1, 0.15) is 12.7 Å². The van der Waals surface area contributed by atoms with Gasteiger partial charge in [0, 0.05) is 4.90 Å². The fourth-order valence-electron chi connectivity index (χ4n) is 1.54. The summed E-state index contributed by atoms with van der Waals surface area (Å²) >= 11 is 1.69. The van der Waals surface area contributed by atoms with E-state index >= 15 is 0 Å². The molecule has 0 radical (unpaired) electrons. The van der Waals surface area contributed by atoms with Crippen LogP contribution in [0, 0.1) is 0 Å². The Balaban J connectivity index is 2.35. The maximum Gasteiger partial charge on any atom is 0.170 e. The average Bonchev–Trinajstić information content (AvgIpc) is 2.84. The number of aromatic nitrogens is 4. The third-order valence-corrected chi connectivity index (χ3v) is 3.17. The zero-order valence-corrected chi connectivity index (χ0v) is 10.7. The molecule has 0 saturated heterocycles. The van der Waals surface area contributed by atoms with Crippen molar-refractivity contribution in [1.82, 2.24) is 25.5 Å². The minimum Gasteiger partial charge on any atom is -0.310 e. The molecule has 1 aromatic carbocycles. The van der Waals surface area contributed by atoms with E-state index in [0.29, 0.717) is 6.54 Å². The molecule has 0 atom stereocenters. The van der Waals surface area contributed by atoms with Crippen molar-refractivity contribution in [2.75, 3.05) is 12.8 Å². The van der Waals surface area contributed by atoms with Gasteiger partial charge in [-0.2, -0.15) is 4.68 Å². The molecule has 0 aliphatic heterocycles. The minimum atomic E-state index is 0.673. The third kappa shape index (κ3) is 2.65. The van der Waals surface area contributed by atoms with Crippen molar-refractivity contribution >= 4 is 11.8 Å². The van der Waals surface area contributed by atoms with Crippen LogP contribution < -0.4 is 5.32 Å². The Kier molecular flexibility index (Phi) is 4.11. The number of para-hydroxylation sites is 1. The molecule has 0 spiro atoms. The van der Waals surface area contributed by atoms with Crippen LogP contribution in [-0.2, 0) is 6.54 Å². The highest BCUT2D eigenvalue weighted by molar-refractivity contribution is 7.98. The number of hydrogen-bond donors (Lipinski definition) is 1. The molecule has 0 amide bonds. The Bertz CT molecular complexity index is 482. The maximum atomic E-state index is 4.05. The highest BCUT2D eigenvalue weighted by Gasteiger charge is 2.10. The molecule has 6 heteroatoms. The quantitative estimate of drug-likeness (QED) is 0.814. The second-order valence-electron chi connectivity index (χ2n) is 3.46. The van der Waals surface area contributed by atoms with Gasteiger partial charge in [-0.15, -0.1) is 16.9 Å². The summed E-state index contributed by atoms with van der Waals surface area (Å²) in [6.45, 7) is 3.63. The average molecular weight is 249 g/mol. The molecule has 5 nitrogen and oxygen atoms in total. The zero-order valence-electron chi connectivity index (χ0n) is 9.92. The van der Waals surface area contributed by atoms with E-state index in [1.165, 1.54) is 0 Å². The number of nitrogens with zero attached hydrogens (tertiary/aromatic N) is 4. The summed E-state index contributed by atoms with van der Waals surface area (Å²) in [5.41, 5.74) is 1.03. The number of thioether (sulfide) groups is 1. The number of hydrogen-bond acceptors (Lipinski definition) is 5. The Morgan fingerprint density at radius 3 is 2.94 bits per heavy atom. The summed E-state index contributed by atoms with van der Waals surface area (Å²) in [5, 5.41) is 15.1. The molecule has 0 saturated carbocycles. The topological polar surface area (TPSA) is 55.6 Å². The Hall–Kier alpha value is -1.40. The second kappa shape index (κ2) is 5.79. The van der Waals surface area contributed by atoms with E-state index in [4.69, 9.17) is 0 Å². The van der Waals surface area contributed by atoms with Gasteiger partial charge in [0.25, 0.3) is 0 Å². The summed E-state index contributed by atoms with van der Waals surface area (Å²) in [4.78, 5) is 1.16. The molecule has 2 aromatic rings. The molecule has 0 aliphatic carbocycles. The van der Waals surface area contributed by atoms with Crippen molar-refractivity contribution in [2.45, 2.75) is 18.4 Å². The van der Waals surface area contributed by atoms with E-state index < -0.39 is 0 Å². The molecule has 17 heavy (non-hydrogen) atoms. The summed E-state index contributed by atoms with van der Waals surface area (Å²) in [7, 11) is 0. The number of tetrazole rings is 1. The van der Waals surface area contributed by atoms with E-state index in [9.17, 15) is 0 Å². The molecule has 0 aliphatic rings. The summed E-state index contributed by atoms with van der Waals surface area (Å²) in [5.74, 6) is 0.827. The van der Waals surface area contributed by atoms with Crippen LogP contribution in [0.2, 0.25) is 0 Å². The van der Waals surface area contributed by atoms with Gasteiger partial charge in [0.15, 0.2) is 5.82 Å². The van der Waals surface area contributed by atoms with Crippen LogP contribution in [0.4, 0.5) is 0 Å². The number of rotatable bonds is 5. The van der Waals surface area contributed by atoms with Crippen molar-refractivity contribution in [1.29, 1.82) is 0 Å². The van der Waals surface area contributed by atoms with E-state index in [2.05, 4.69) is 33.8 Å². The lowest BCUT2D eigenvalue weighted by Gasteiger charge is -2.08. The van der Waals surface area contributed by atoms with Crippen LogP contribution >= 0.6 is 11.8 Å². The van der Waals surface area contributed by atoms with Gasteiger partial charge in [-0.25, -0.2) is 0 Å². The van der Waals surface area contributed by atoms with E-state index in [-0.39, 0.29) is 0 Å². The first-order valence-corrected chi connectivity index (χ1v) is 6.70. The summed E-state index contributed by atoms with van der Waals surface area (Å²) < 4.78 is 1.79. The highest BCUT2D eigenvalue weighted by Crippen LogP contribution is 2.23. The van der Waals surface area contributed by atoms with Gasteiger partial charge in [-0.05, 0) is 35.4 Å². The largest absolute Gasteiger partial charge is 0.310 e. The first kappa shape index (κ1) is 12.1. The molecule has 1 aromatic heterocycles. The molecule has 0 unspecified atom stereocenters. The number of nitrogens with one attached hydrogen (secondary N) is 1. The molecule has 1 N–H and O–H groups in total. The second-order valence-corrected chi connectivity index (χ2v) is 4.31. The summed E-state index contributed by atoms with van der Waals surface area (Å²) in [6.07, 6.45) is 2.05. The third-order valence-electron chi connectivity index (χ3n) is 2.38. The van der Waals surface area contributed by atoms with E-state index in [1.54, 1.807) is 16.4 Å². The number of benzene rings is 1. The van der Waals surface area contributed by atoms with Crippen molar-refractivity contribution in [3.63, 3.8) is 0 Å². The lowest BCUT2D eigenvalue weighted by molar-refractivity contribution is 0.661. The fraction of sp³-hybridized carbons (Fsp3) is 0.364. The standard InChI is InChI=1S/C11H15N5S/c1-3-12-8-11-13-14-15-16(11)9-6-4-5-7-10(9)17-2/h4-7,12H,3,8H2,1-2H3. The monoisotopic (exact) mass is 249 g/mol. The molecule has 0 fully saturated rings. The first-order valence-electron chi connectivity index (χ1n) is 5.48. The Morgan fingerprint density at radius 2 is 2.18 bits per heavy atom. The van der Waals surface area contributed by atoms with Crippen molar-refractivity contribution in [3.8, 4) is 5.69 Å². The minimum absolute atomic E-state index is 0.673. The lowest BCUT2D eigenvalue weighted by Crippen LogP contribution is -2.16. The first-order chi connectivity index (χ1) is 8.36. The Labute approximate surface area is 105 Å². The predicted octanol–water partition coefficient (Wildman–Crippen LogP) is 1.49. The van der Waals surface area contributed by atoms with Crippen LogP contribution in [0.15, 0.2) is 29.2 Å². The van der Waals surface area contributed by atoms with Crippen LogP contribution in [0.25, 0.3) is 5.69 Å². The van der Waals surface area contributed by atoms with Gasteiger partial charge in [0.05, 0.1) is 12.2 Å². The van der Waals surface area contributed by atoms with Crippen molar-refractivity contribution in [2.24, 2.45) is 0 Å². The van der Waals surface area contributed by atoms with Gasteiger partial charge >= 0.3 is 0 Å². The molecule has 0 bridgehead atoms. The molecular weight excluding hydrogens is 234 g/mol. The van der Waals surface area contributed by atoms with E-state index in [0.717, 1.165) is 23.0 Å². The summed E-state index contributed by atoms with van der Waals surface area (Å²) in [6, 6.07) is 8.10. The van der Waals surface area contributed by atoms with Gasteiger partial charge in [0.2, 0.25) is 0 Å². The van der Waals surface area contributed by atoms with Crippen LogP contribution in [-0.4, -0.2) is 33.0 Å². The van der Waals surface area contributed by atoms with Gasteiger partial charge in [-0.1, -0.05) is 19.1 Å². The zero-order chi connectivity index (χ0) is 12.1. The normalized spacial score (nSPS) is 10.7. The van der Waals surface area contributed by atoms with Crippen LogP contribution in [0.5, 0.6) is 0 Å². The van der Waals surface area contributed by atoms with Gasteiger partial charge < -0.3 is 5.32 Å². The molecule has 90 valence electrons. The highest BCUT2D eigenvalue weighted by atomic mass is 32.2. The lowest BCUT2D eigenvalue weighted by atomic mass is 10.3. The van der Waals surface area contributed by atoms with Crippen LogP contribution in [0.3, 0.4) is 0 Å². The molecular formula is C11H15N5S. The smallest absolute Gasteiger partial charge is 0.170 e. The van der Waals surface area contributed by atoms with Crippen molar-refractivity contribution in [3.05, 3.63) is 30.1 Å². The SMILES string of the molecule is CCNCc1nnnn1-c1ccccc1SC. The van der Waals surface area contributed by atoms with Crippen molar-refractivity contribution < 1.29 is 0 Å². The molecule has 2 rings (SSSR count).